The second-order valence-electron chi connectivity index (χ2n) is 5.40. The molecule has 0 fully saturated rings. The molecule has 0 N–H and O–H groups in total. The Bertz CT molecular complexity index is 265. The molecule has 0 amide bonds. The summed E-state index contributed by atoms with van der Waals surface area (Å²) >= 11 is 0. The van der Waals surface area contributed by atoms with Crippen LogP contribution in [0.5, 0.6) is 0 Å². The molecule has 0 aromatic heterocycles. The first-order valence-electron chi connectivity index (χ1n) is 6.06. The van der Waals surface area contributed by atoms with E-state index >= 15 is 0 Å². The molecule has 0 atom stereocenters. The molecule has 0 saturated carbocycles. The van der Waals surface area contributed by atoms with Crippen LogP contribution in [0.1, 0.15) is 0 Å². The summed E-state index contributed by atoms with van der Waals surface area (Å²) in [5.41, 5.74) is 0. The highest BCUT2D eigenvalue weighted by molar-refractivity contribution is 6.77. The standard InChI is InChI=1S/C12H24Si3/c1-13(2)10-7-11(14(3)4)9-12(8-10)15(5)6/h7-9,13-15H,1-6H3. The largest absolute Gasteiger partial charge is 0.0682 e. The van der Waals surface area contributed by atoms with Crippen LogP contribution < -0.4 is 15.6 Å². The fraction of sp³-hybridized carbons (Fsp3) is 0.500. The number of hydrogen-bond donors (Lipinski definition) is 0. The fourth-order valence-corrected chi connectivity index (χ4v) is 5.43. The van der Waals surface area contributed by atoms with Gasteiger partial charge >= 0.3 is 0 Å². The molecule has 1 rings (SSSR count). The molecule has 84 valence electrons. The zero-order valence-electron chi connectivity index (χ0n) is 11.0. The van der Waals surface area contributed by atoms with Crippen LogP contribution in [0.25, 0.3) is 0 Å². The van der Waals surface area contributed by atoms with Gasteiger partial charge in [-0.15, -0.1) is 0 Å². The molecular weight excluding hydrogens is 228 g/mol. The third kappa shape index (κ3) is 3.43. The molecule has 0 nitrogen and oxygen atoms in total. The third-order valence-electron chi connectivity index (χ3n) is 3.00. The lowest BCUT2D eigenvalue weighted by molar-refractivity contribution is 1.78. The molecular formula is C12H24Si3. The third-order valence-corrected chi connectivity index (χ3v) is 8.00. The van der Waals surface area contributed by atoms with Gasteiger partial charge < -0.3 is 0 Å². The van der Waals surface area contributed by atoms with Gasteiger partial charge in [0.2, 0.25) is 0 Å². The molecule has 0 aliphatic carbocycles. The van der Waals surface area contributed by atoms with Crippen LogP contribution in [-0.4, -0.2) is 26.4 Å². The normalized spacial score (nSPS) is 11.8. The number of benzene rings is 1. The molecule has 1 aromatic rings. The Balaban J connectivity index is 3.20. The first-order valence-corrected chi connectivity index (χ1v) is 14.7. The van der Waals surface area contributed by atoms with Crippen molar-refractivity contribution < 1.29 is 0 Å². The fourth-order valence-electron chi connectivity index (χ4n) is 1.70. The van der Waals surface area contributed by atoms with Gasteiger partial charge in [0.1, 0.15) is 0 Å². The molecule has 15 heavy (non-hydrogen) atoms. The molecule has 1 aromatic carbocycles. The van der Waals surface area contributed by atoms with Gasteiger partial charge in [-0.25, -0.2) is 0 Å². The van der Waals surface area contributed by atoms with Gasteiger partial charge in [-0.3, -0.25) is 0 Å². The monoisotopic (exact) mass is 252 g/mol. The quantitative estimate of drug-likeness (QED) is 0.697. The van der Waals surface area contributed by atoms with Crippen LogP contribution in [0.15, 0.2) is 18.2 Å². The predicted molar refractivity (Wildman–Crippen MR) is 82.0 cm³/mol. The Morgan fingerprint density at radius 2 is 0.733 bits per heavy atom. The molecule has 0 saturated heterocycles. The van der Waals surface area contributed by atoms with Crippen LogP contribution in [0, 0.1) is 0 Å². The van der Waals surface area contributed by atoms with E-state index in [0.29, 0.717) is 0 Å². The van der Waals surface area contributed by atoms with E-state index in [2.05, 4.69) is 57.5 Å². The maximum absolute atomic E-state index is 2.51. The molecule has 0 bridgehead atoms. The Kier molecular flexibility index (Phi) is 4.55. The van der Waals surface area contributed by atoms with E-state index in [-0.39, 0.29) is 0 Å². The molecule has 0 aliphatic rings. The predicted octanol–water partition coefficient (Wildman–Crippen LogP) is 0.768. The average Bonchev–Trinajstić information content (AvgIpc) is 2.16. The molecule has 3 heteroatoms. The van der Waals surface area contributed by atoms with Crippen LogP contribution in [-0.2, 0) is 0 Å². The van der Waals surface area contributed by atoms with Crippen LogP contribution >= 0.6 is 0 Å². The lowest BCUT2D eigenvalue weighted by atomic mass is 10.3. The minimum Gasteiger partial charge on any atom is -0.0682 e. The van der Waals surface area contributed by atoms with Gasteiger partial charge in [0.05, 0.1) is 26.4 Å². The lowest BCUT2D eigenvalue weighted by Crippen LogP contribution is -2.39. The smallest absolute Gasteiger partial charge is 0.0647 e. The highest BCUT2D eigenvalue weighted by Crippen LogP contribution is 1.91. The molecule has 0 unspecified atom stereocenters. The van der Waals surface area contributed by atoms with E-state index in [1.54, 1.807) is 15.6 Å². The second kappa shape index (κ2) is 5.28. The summed E-state index contributed by atoms with van der Waals surface area (Å²) in [6.45, 7) is 14.6. The van der Waals surface area contributed by atoms with E-state index in [1.165, 1.54) is 0 Å². The summed E-state index contributed by atoms with van der Waals surface area (Å²) in [5, 5.41) is 5.06. The summed E-state index contributed by atoms with van der Waals surface area (Å²) < 4.78 is 0. The van der Waals surface area contributed by atoms with Crippen molar-refractivity contribution in [1.82, 2.24) is 0 Å². The van der Waals surface area contributed by atoms with E-state index in [1.807, 2.05) is 0 Å². The van der Waals surface area contributed by atoms with Crippen molar-refractivity contribution in [2.24, 2.45) is 0 Å². The molecule has 0 spiro atoms. The zero-order chi connectivity index (χ0) is 11.6. The summed E-state index contributed by atoms with van der Waals surface area (Å²) in [7, 11) is -1.87. The minimum absolute atomic E-state index is 0.623. The van der Waals surface area contributed by atoms with Crippen LogP contribution in [0.2, 0.25) is 39.3 Å². The highest BCUT2D eigenvalue weighted by Gasteiger charge is 2.10. The topological polar surface area (TPSA) is 0 Å². The van der Waals surface area contributed by atoms with E-state index in [4.69, 9.17) is 0 Å². The van der Waals surface area contributed by atoms with E-state index in [0.717, 1.165) is 0 Å². The van der Waals surface area contributed by atoms with Crippen molar-refractivity contribution in [2.75, 3.05) is 0 Å². The molecule has 0 aliphatic heterocycles. The van der Waals surface area contributed by atoms with Crippen LogP contribution in [0.4, 0.5) is 0 Å². The lowest BCUT2D eigenvalue weighted by Gasteiger charge is -2.14. The van der Waals surface area contributed by atoms with Crippen molar-refractivity contribution >= 4 is 42.0 Å². The van der Waals surface area contributed by atoms with Crippen LogP contribution in [0.3, 0.4) is 0 Å². The summed E-state index contributed by atoms with van der Waals surface area (Å²) in [6, 6.07) is 7.52. The first-order chi connectivity index (χ1) is 6.91. The van der Waals surface area contributed by atoms with Gasteiger partial charge in [-0.1, -0.05) is 73.0 Å². The maximum atomic E-state index is 2.51. The van der Waals surface area contributed by atoms with Gasteiger partial charge in [0.25, 0.3) is 0 Å². The SMILES string of the molecule is C[SiH](C)c1cc([SiH](C)C)cc([SiH](C)C)c1. The van der Waals surface area contributed by atoms with Crippen molar-refractivity contribution in [1.29, 1.82) is 0 Å². The molecule has 0 radical (unpaired) electrons. The Labute approximate surface area is 99.6 Å². The van der Waals surface area contributed by atoms with Crippen molar-refractivity contribution in [3.63, 3.8) is 0 Å². The minimum atomic E-state index is -0.623. The van der Waals surface area contributed by atoms with Gasteiger partial charge in [-0.2, -0.15) is 0 Å². The summed E-state index contributed by atoms with van der Waals surface area (Å²) in [5.74, 6) is 0. The number of rotatable bonds is 3. The Morgan fingerprint density at radius 3 is 0.867 bits per heavy atom. The van der Waals surface area contributed by atoms with Crippen molar-refractivity contribution in [3.05, 3.63) is 18.2 Å². The summed E-state index contributed by atoms with van der Waals surface area (Å²) in [4.78, 5) is 0. The maximum Gasteiger partial charge on any atom is 0.0647 e. The first kappa shape index (κ1) is 12.9. The van der Waals surface area contributed by atoms with Gasteiger partial charge in [0, 0.05) is 0 Å². The summed E-state index contributed by atoms with van der Waals surface area (Å²) in [6.07, 6.45) is 0. The second-order valence-corrected chi connectivity index (χ2v) is 14.3. The number of hydrogen-bond acceptors (Lipinski definition) is 0. The van der Waals surface area contributed by atoms with Crippen molar-refractivity contribution in [3.8, 4) is 0 Å². The Hall–Kier alpha value is -0.129. The van der Waals surface area contributed by atoms with E-state index in [9.17, 15) is 0 Å². The van der Waals surface area contributed by atoms with Gasteiger partial charge in [0.15, 0.2) is 0 Å². The Morgan fingerprint density at radius 1 is 0.533 bits per heavy atom. The zero-order valence-corrected chi connectivity index (χ0v) is 14.4. The van der Waals surface area contributed by atoms with Gasteiger partial charge in [-0.05, 0) is 0 Å². The van der Waals surface area contributed by atoms with Crippen molar-refractivity contribution in [2.45, 2.75) is 39.3 Å². The molecule has 0 heterocycles. The highest BCUT2D eigenvalue weighted by atomic mass is 28.3. The average molecular weight is 253 g/mol. The van der Waals surface area contributed by atoms with E-state index < -0.39 is 26.4 Å².